The van der Waals surface area contributed by atoms with E-state index in [9.17, 15) is 14.0 Å². The van der Waals surface area contributed by atoms with Gasteiger partial charge in [0.1, 0.15) is 11.4 Å². The van der Waals surface area contributed by atoms with Crippen LogP contribution in [0.4, 0.5) is 9.18 Å². The van der Waals surface area contributed by atoms with E-state index in [0.717, 1.165) is 0 Å². The lowest BCUT2D eigenvalue weighted by Crippen LogP contribution is -2.26. The molecule has 3 rings (SSSR count). The van der Waals surface area contributed by atoms with Gasteiger partial charge in [-0.2, -0.15) is 0 Å². The van der Waals surface area contributed by atoms with E-state index in [1.54, 1.807) is 32.9 Å². The maximum atomic E-state index is 13.1. The Balaban J connectivity index is 1.82. The summed E-state index contributed by atoms with van der Waals surface area (Å²) in [5.74, 6) is -0.520. The second kappa shape index (κ2) is 8.36. The van der Waals surface area contributed by atoms with E-state index in [0.29, 0.717) is 11.1 Å². The van der Waals surface area contributed by atoms with Gasteiger partial charge >= 0.3 is 12.1 Å². The number of esters is 1. The minimum absolute atomic E-state index is 0.0668. The largest absolute Gasteiger partial charge is 0.514 e. The fourth-order valence-electron chi connectivity index (χ4n) is 2.50. The van der Waals surface area contributed by atoms with Crippen LogP contribution in [0.3, 0.4) is 0 Å². The van der Waals surface area contributed by atoms with Gasteiger partial charge < -0.3 is 18.9 Å². The van der Waals surface area contributed by atoms with Crippen molar-refractivity contribution in [2.45, 2.75) is 26.4 Å². The second-order valence-electron chi connectivity index (χ2n) is 7.32. The van der Waals surface area contributed by atoms with E-state index in [2.05, 4.69) is 4.99 Å². The molecule has 8 heteroatoms. The van der Waals surface area contributed by atoms with Crippen molar-refractivity contribution >= 4 is 24.1 Å². The highest BCUT2D eigenvalue weighted by molar-refractivity contribution is 6.12. The molecule has 30 heavy (non-hydrogen) atoms. The van der Waals surface area contributed by atoms with Crippen molar-refractivity contribution in [1.82, 2.24) is 0 Å². The number of aliphatic imine (C=N–C) groups is 1. The van der Waals surface area contributed by atoms with Crippen molar-refractivity contribution in [3.63, 3.8) is 0 Å². The van der Waals surface area contributed by atoms with Crippen LogP contribution in [0.2, 0.25) is 0 Å². The summed E-state index contributed by atoms with van der Waals surface area (Å²) in [5.41, 5.74) is 0.418. The fourth-order valence-corrected chi connectivity index (χ4v) is 2.50. The quantitative estimate of drug-likeness (QED) is 0.417. The van der Waals surface area contributed by atoms with Crippen molar-refractivity contribution in [3.05, 3.63) is 65.1 Å². The zero-order valence-corrected chi connectivity index (χ0v) is 16.9. The van der Waals surface area contributed by atoms with Crippen LogP contribution >= 0.6 is 0 Å². The summed E-state index contributed by atoms with van der Waals surface area (Å²) >= 11 is 0. The molecule has 0 saturated heterocycles. The average Bonchev–Trinajstić information content (AvgIpc) is 3.02. The average molecular weight is 413 g/mol. The van der Waals surface area contributed by atoms with Gasteiger partial charge in [0.15, 0.2) is 17.2 Å². The van der Waals surface area contributed by atoms with E-state index in [-0.39, 0.29) is 23.1 Å². The molecule has 1 heterocycles. The van der Waals surface area contributed by atoms with Gasteiger partial charge in [0.25, 0.3) is 0 Å². The summed E-state index contributed by atoms with van der Waals surface area (Å²) in [7, 11) is 1.42. The molecule has 0 aliphatic carbocycles. The first-order valence-electron chi connectivity index (χ1n) is 9.02. The van der Waals surface area contributed by atoms with Crippen molar-refractivity contribution in [2.75, 3.05) is 7.11 Å². The van der Waals surface area contributed by atoms with Gasteiger partial charge in [0.05, 0.1) is 7.11 Å². The Bertz CT molecular complexity index is 1030. The van der Waals surface area contributed by atoms with Gasteiger partial charge in [-0.05, 0) is 68.8 Å². The van der Waals surface area contributed by atoms with Crippen LogP contribution in [0.15, 0.2) is 53.2 Å². The molecule has 0 fully saturated rings. The predicted octanol–water partition coefficient (Wildman–Crippen LogP) is 4.49. The normalized spacial score (nSPS) is 14.9. The molecule has 156 valence electrons. The van der Waals surface area contributed by atoms with Gasteiger partial charge in [0.2, 0.25) is 5.90 Å². The highest BCUT2D eigenvalue weighted by Crippen LogP contribution is 2.30. The van der Waals surface area contributed by atoms with E-state index in [4.69, 9.17) is 18.9 Å². The molecular weight excluding hydrogens is 393 g/mol. The molecule has 0 N–H and O–H groups in total. The van der Waals surface area contributed by atoms with Gasteiger partial charge in [-0.3, -0.25) is 0 Å². The Kier molecular flexibility index (Phi) is 5.86. The number of methoxy groups -OCH3 is 1. The molecule has 0 unspecified atom stereocenters. The molecule has 0 saturated carbocycles. The SMILES string of the molecule is COc1cc(/C=C2\N=C(c3ccc(F)cc3)OC2=O)ccc1OC(=O)OC(C)(C)C. The number of halogens is 1. The molecular formula is C22H20FNO6. The number of hydrogen-bond acceptors (Lipinski definition) is 7. The van der Waals surface area contributed by atoms with E-state index < -0.39 is 23.5 Å². The molecule has 0 atom stereocenters. The van der Waals surface area contributed by atoms with Crippen LogP contribution in [-0.2, 0) is 14.3 Å². The van der Waals surface area contributed by atoms with Crippen molar-refractivity contribution < 1.29 is 32.9 Å². The Morgan fingerprint density at radius 1 is 1.10 bits per heavy atom. The summed E-state index contributed by atoms with van der Waals surface area (Å²) < 4.78 is 33.8. The predicted molar refractivity (Wildman–Crippen MR) is 107 cm³/mol. The maximum absolute atomic E-state index is 13.1. The number of ether oxygens (including phenoxy) is 4. The van der Waals surface area contributed by atoms with Crippen LogP contribution in [0.25, 0.3) is 6.08 Å². The summed E-state index contributed by atoms with van der Waals surface area (Å²) in [5, 5.41) is 0. The van der Waals surface area contributed by atoms with Crippen LogP contribution in [0.5, 0.6) is 11.5 Å². The van der Waals surface area contributed by atoms with Crippen molar-refractivity contribution in [1.29, 1.82) is 0 Å². The first kappa shape index (κ1) is 21.0. The van der Waals surface area contributed by atoms with Crippen molar-refractivity contribution in [3.8, 4) is 11.5 Å². The first-order valence-corrected chi connectivity index (χ1v) is 9.02. The topological polar surface area (TPSA) is 83.4 Å². The summed E-state index contributed by atoms with van der Waals surface area (Å²) in [4.78, 5) is 28.2. The summed E-state index contributed by atoms with van der Waals surface area (Å²) in [6, 6.07) is 10.1. The van der Waals surface area contributed by atoms with E-state index in [1.807, 2.05) is 0 Å². The molecule has 0 radical (unpaired) electrons. The lowest BCUT2D eigenvalue weighted by Gasteiger charge is -2.19. The molecule has 0 spiro atoms. The molecule has 0 bridgehead atoms. The number of nitrogens with zero attached hydrogens (tertiary/aromatic N) is 1. The summed E-state index contributed by atoms with van der Waals surface area (Å²) in [6.45, 7) is 5.17. The third-order valence-corrected chi connectivity index (χ3v) is 3.79. The van der Waals surface area contributed by atoms with Crippen LogP contribution in [-0.4, -0.2) is 30.7 Å². The highest BCUT2D eigenvalue weighted by atomic mass is 19.1. The minimum Gasteiger partial charge on any atom is -0.493 e. The lowest BCUT2D eigenvalue weighted by atomic mass is 10.1. The minimum atomic E-state index is -0.861. The fraction of sp³-hybridized carbons (Fsp3) is 0.227. The smallest absolute Gasteiger partial charge is 0.493 e. The first-order chi connectivity index (χ1) is 14.1. The molecule has 2 aromatic carbocycles. The Morgan fingerprint density at radius 3 is 2.43 bits per heavy atom. The second-order valence-corrected chi connectivity index (χ2v) is 7.32. The van der Waals surface area contributed by atoms with E-state index in [1.165, 1.54) is 43.5 Å². The number of carbonyl (C=O) groups is 2. The van der Waals surface area contributed by atoms with Crippen LogP contribution in [0.1, 0.15) is 31.9 Å². The van der Waals surface area contributed by atoms with Gasteiger partial charge in [-0.1, -0.05) is 6.07 Å². The summed E-state index contributed by atoms with van der Waals surface area (Å²) in [6.07, 6.45) is 0.637. The van der Waals surface area contributed by atoms with E-state index >= 15 is 0 Å². The number of rotatable bonds is 4. The number of cyclic esters (lactones) is 1. The third-order valence-electron chi connectivity index (χ3n) is 3.79. The van der Waals surface area contributed by atoms with Gasteiger partial charge in [-0.25, -0.2) is 19.0 Å². The van der Waals surface area contributed by atoms with Crippen molar-refractivity contribution in [2.24, 2.45) is 4.99 Å². The molecule has 1 aliphatic rings. The highest BCUT2D eigenvalue weighted by Gasteiger charge is 2.24. The number of hydrogen-bond donors (Lipinski definition) is 0. The third kappa shape index (κ3) is 5.22. The van der Waals surface area contributed by atoms with Gasteiger partial charge in [-0.15, -0.1) is 0 Å². The molecule has 0 amide bonds. The van der Waals surface area contributed by atoms with Gasteiger partial charge in [0, 0.05) is 5.56 Å². The number of carbonyl (C=O) groups excluding carboxylic acids is 2. The Morgan fingerprint density at radius 2 is 1.80 bits per heavy atom. The molecule has 7 nitrogen and oxygen atoms in total. The zero-order valence-electron chi connectivity index (χ0n) is 16.9. The maximum Gasteiger partial charge on any atom is 0.514 e. The zero-order chi connectivity index (χ0) is 21.9. The molecule has 0 aromatic heterocycles. The van der Waals surface area contributed by atoms with Crippen LogP contribution in [0, 0.1) is 5.82 Å². The lowest BCUT2D eigenvalue weighted by molar-refractivity contribution is -0.129. The Hall–Kier alpha value is -3.68. The standard InChI is InChI=1S/C22H20FNO6/c1-22(2,3)30-21(26)28-17-10-5-13(12-18(17)27-4)11-16-20(25)29-19(24-16)14-6-8-15(23)9-7-14/h5-12H,1-4H3/b16-11-. The molecule has 2 aromatic rings. The number of benzene rings is 2. The molecule has 1 aliphatic heterocycles. The monoisotopic (exact) mass is 413 g/mol. The van der Waals surface area contributed by atoms with Crippen LogP contribution < -0.4 is 9.47 Å². The Labute approximate surface area is 172 Å².